The number of aryl methyl sites for hydroxylation is 1. The third-order valence-corrected chi connectivity index (χ3v) is 3.18. The molecule has 0 saturated carbocycles. The smallest absolute Gasteiger partial charge is 0.338 e. The predicted molar refractivity (Wildman–Crippen MR) is 80.0 cm³/mol. The van der Waals surface area contributed by atoms with Gasteiger partial charge in [-0.15, -0.1) is 0 Å². The first kappa shape index (κ1) is 14.9. The zero-order valence-corrected chi connectivity index (χ0v) is 12.3. The maximum Gasteiger partial charge on any atom is 0.338 e. The summed E-state index contributed by atoms with van der Waals surface area (Å²) in [5.74, 6) is -0.327. The molecule has 0 aliphatic carbocycles. The van der Waals surface area contributed by atoms with Crippen LogP contribution < -0.4 is 0 Å². The molecule has 0 amide bonds. The molecule has 0 N–H and O–H groups in total. The van der Waals surface area contributed by atoms with Crippen molar-refractivity contribution in [1.82, 2.24) is 10.1 Å². The number of carbonyl (C=O) groups excluding carboxylic acids is 1. The van der Waals surface area contributed by atoms with E-state index in [-0.39, 0.29) is 18.3 Å². The second kappa shape index (κ2) is 6.39. The highest BCUT2D eigenvalue weighted by Gasteiger charge is 2.12. The Bertz CT molecular complexity index is 811. The Labute approximate surface area is 131 Å². The summed E-state index contributed by atoms with van der Waals surface area (Å²) < 4.78 is 23.0. The summed E-state index contributed by atoms with van der Waals surface area (Å²) in [5, 5.41) is 3.78. The second-order valence-corrected chi connectivity index (χ2v) is 4.96. The number of hydrogen-bond donors (Lipinski definition) is 0. The van der Waals surface area contributed by atoms with E-state index in [9.17, 15) is 9.18 Å². The second-order valence-electron chi connectivity index (χ2n) is 4.96. The standard InChI is InChI=1S/C17H13FN2O3/c1-11-2-4-13(5-3-11)17(21)22-10-15-19-16(20-23-15)12-6-8-14(18)9-7-12/h2-9H,10H2,1H3. The predicted octanol–water partition coefficient (Wildman–Crippen LogP) is 3.54. The van der Waals surface area contributed by atoms with Crippen LogP contribution in [0.4, 0.5) is 4.39 Å². The normalized spacial score (nSPS) is 10.5. The minimum absolute atomic E-state index is 0.124. The van der Waals surface area contributed by atoms with Crippen molar-refractivity contribution in [1.29, 1.82) is 0 Å². The average Bonchev–Trinajstić information content (AvgIpc) is 3.03. The van der Waals surface area contributed by atoms with Crippen molar-refractivity contribution >= 4 is 5.97 Å². The van der Waals surface area contributed by atoms with Crippen LogP contribution in [0.1, 0.15) is 21.8 Å². The minimum atomic E-state index is -0.466. The summed E-state index contributed by atoms with van der Waals surface area (Å²) in [4.78, 5) is 16.0. The van der Waals surface area contributed by atoms with Gasteiger partial charge in [-0.25, -0.2) is 9.18 Å². The van der Waals surface area contributed by atoms with Crippen molar-refractivity contribution < 1.29 is 18.4 Å². The molecule has 0 bridgehead atoms. The number of nitrogens with zero attached hydrogens (tertiary/aromatic N) is 2. The number of aromatic nitrogens is 2. The van der Waals surface area contributed by atoms with E-state index in [1.165, 1.54) is 12.1 Å². The molecule has 3 aromatic rings. The lowest BCUT2D eigenvalue weighted by molar-refractivity contribution is 0.0430. The molecule has 5 nitrogen and oxygen atoms in total. The van der Waals surface area contributed by atoms with E-state index in [1.54, 1.807) is 24.3 Å². The molecule has 0 saturated heterocycles. The van der Waals surface area contributed by atoms with Crippen LogP contribution in [0.5, 0.6) is 0 Å². The molecule has 3 rings (SSSR count). The lowest BCUT2D eigenvalue weighted by Gasteiger charge is -2.01. The van der Waals surface area contributed by atoms with Crippen molar-refractivity contribution in [2.24, 2.45) is 0 Å². The van der Waals surface area contributed by atoms with Gasteiger partial charge in [0.15, 0.2) is 6.61 Å². The summed E-state index contributed by atoms with van der Waals surface area (Å²) in [6.07, 6.45) is 0. The SMILES string of the molecule is Cc1ccc(C(=O)OCc2nc(-c3ccc(F)cc3)no2)cc1. The van der Waals surface area contributed by atoms with Crippen LogP contribution in [0.2, 0.25) is 0 Å². The number of carbonyl (C=O) groups is 1. The fourth-order valence-electron chi connectivity index (χ4n) is 1.93. The van der Waals surface area contributed by atoms with Crippen LogP contribution in [-0.4, -0.2) is 16.1 Å². The summed E-state index contributed by atoms with van der Waals surface area (Å²) in [6, 6.07) is 12.7. The topological polar surface area (TPSA) is 65.2 Å². The molecule has 0 radical (unpaired) electrons. The molecular weight excluding hydrogens is 299 g/mol. The molecule has 0 atom stereocenters. The summed E-state index contributed by atoms with van der Waals surface area (Å²) in [6.45, 7) is 1.81. The van der Waals surface area contributed by atoms with E-state index < -0.39 is 5.97 Å². The van der Waals surface area contributed by atoms with Gasteiger partial charge in [0.2, 0.25) is 5.82 Å². The number of esters is 1. The zero-order chi connectivity index (χ0) is 16.2. The number of rotatable bonds is 4. The summed E-state index contributed by atoms with van der Waals surface area (Å²) in [7, 11) is 0. The Morgan fingerprint density at radius 1 is 1.13 bits per heavy atom. The number of halogens is 1. The molecule has 2 aromatic carbocycles. The first-order valence-electron chi connectivity index (χ1n) is 6.94. The maximum absolute atomic E-state index is 12.9. The van der Waals surface area contributed by atoms with Gasteiger partial charge < -0.3 is 9.26 Å². The van der Waals surface area contributed by atoms with E-state index in [4.69, 9.17) is 9.26 Å². The van der Waals surface area contributed by atoms with E-state index in [1.807, 2.05) is 19.1 Å². The fraction of sp³-hybridized carbons (Fsp3) is 0.118. The Hall–Kier alpha value is -3.02. The Balaban J connectivity index is 1.64. The highest BCUT2D eigenvalue weighted by Crippen LogP contribution is 2.16. The first-order chi connectivity index (χ1) is 11.1. The summed E-state index contributed by atoms with van der Waals surface area (Å²) in [5.41, 5.74) is 2.13. The van der Waals surface area contributed by atoms with Gasteiger partial charge in [0.1, 0.15) is 5.82 Å². The molecule has 6 heteroatoms. The quantitative estimate of drug-likeness (QED) is 0.689. The van der Waals surface area contributed by atoms with Gasteiger partial charge in [-0.1, -0.05) is 22.9 Å². The van der Waals surface area contributed by atoms with Gasteiger partial charge in [-0.2, -0.15) is 4.98 Å². The highest BCUT2D eigenvalue weighted by atomic mass is 19.1. The van der Waals surface area contributed by atoms with E-state index in [2.05, 4.69) is 10.1 Å². The van der Waals surface area contributed by atoms with Gasteiger partial charge >= 0.3 is 5.97 Å². The lowest BCUT2D eigenvalue weighted by Crippen LogP contribution is -2.05. The van der Waals surface area contributed by atoms with Crippen molar-refractivity contribution in [3.63, 3.8) is 0 Å². The lowest BCUT2D eigenvalue weighted by atomic mass is 10.1. The largest absolute Gasteiger partial charge is 0.452 e. The van der Waals surface area contributed by atoms with Gasteiger partial charge in [0.05, 0.1) is 5.56 Å². The van der Waals surface area contributed by atoms with Crippen molar-refractivity contribution in [3.8, 4) is 11.4 Å². The monoisotopic (exact) mass is 312 g/mol. The van der Waals surface area contributed by atoms with Crippen LogP contribution in [0.15, 0.2) is 53.1 Å². The van der Waals surface area contributed by atoms with E-state index >= 15 is 0 Å². The molecule has 1 aromatic heterocycles. The molecule has 23 heavy (non-hydrogen) atoms. The van der Waals surface area contributed by atoms with Gasteiger partial charge in [0, 0.05) is 5.56 Å². The zero-order valence-electron chi connectivity index (χ0n) is 12.3. The molecule has 0 fully saturated rings. The first-order valence-corrected chi connectivity index (χ1v) is 6.94. The fourth-order valence-corrected chi connectivity index (χ4v) is 1.93. The van der Waals surface area contributed by atoms with Crippen molar-refractivity contribution in [2.75, 3.05) is 0 Å². The Kier molecular flexibility index (Phi) is 4.14. The van der Waals surface area contributed by atoms with E-state index in [0.717, 1.165) is 5.56 Å². The van der Waals surface area contributed by atoms with Crippen LogP contribution in [-0.2, 0) is 11.3 Å². The summed E-state index contributed by atoms with van der Waals surface area (Å²) >= 11 is 0. The van der Waals surface area contributed by atoms with Gasteiger partial charge in [-0.3, -0.25) is 0 Å². The van der Waals surface area contributed by atoms with Crippen LogP contribution in [0.3, 0.4) is 0 Å². The van der Waals surface area contributed by atoms with Crippen LogP contribution >= 0.6 is 0 Å². The van der Waals surface area contributed by atoms with Crippen molar-refractivity contribution in [2.45, 2.75) is 13.5 Å². The number of benzene rings is 2. The number of hydrogen-bond acceptors (Lipinski definition) is 5. The third kappa shape index (κ3) is 3.60. The van der Waals surface area contributed by atoms with E-state index in [0.29, 0.717) is 17.0 Å². The van der Waals surface area contributed by atoms with Gasteiger partial charge in [0.25, 0.3) is 5.89 Å². The third-order valence-electron chi connectivity index (χ3n) is 3.18. The number of ether oxygens (including phenoxy) is 1. The average molecular weight is 312 g/mol. The molecular formula is C17H13FN2O3. The van der Waals surface area contributed by atoms with Crippen molar-refractivity contribution in [3.05, 3.63) is 71.4 Å². The highest BCUT2D eigenvalue weighted by molar-refractivity contribution is 5.89. The Morgan fingerprint density at radius 2 is 1.83 bits per heavy atom. The Morgan fingerprint density at radius 3 is 2.52 bits per heavy atom. The molecule has 0 aliphatic heterocycles. The molecule has 0 unspecified atom stereocenters. The molecule has 116 valence electrons. The molecule has 0 spiro atoms. The minimum Gasteiger partial charge on any atom is -0.452 e. The van der Waals surface area contributed by atoms with Crippen LogP contribution in [0.25, 0.3) is 11.4 Å². The van der Waals surface area contributed by atoms with Crippen LogP contribution in [0, 0.1) is 12.7 Å². The van der Waals surface area contributed by atoms with Gasteiger partial charge in [-0.05, 0) is 43.3 Å². The molecule has 1 heterocycles. The molecule has 0 aliphatic rings. The maximum atomic E-state index is 12.9.